The number of carbonyl (C=O) groups is 1. The predicted octanol–water partition coefficient (Wildman–Crippen LogP) is 1.20. The van der Waals surface area contributed by atoms with Crippen molar-refractivity contribution in [3.8, 4) is 5.82 Å². The number of nitrogens with zero attached hydrogens (tertiary/aromatic N) is 5. The molecule has 2 aromatic rings. The lowest BCUT2D eigenvalue weighted by molar-refractivity contribution is -0.121. The van der Waals surface area contributed by atoms with Gasteiger partial charge in [0.15, 0.2) is 5.82 Å². The van der Waals surface area contributed by atoms with E-state index in [0.29, 0.717) is 24.7 Å². The molecule has 4 rings (SSSR count). The van der Waals surface area contributed by atoms with Crippen molar-refractivity contribution in [2.45, 2.75) is 51.1 Å². The molecule has 2 fully saturated rings. The Bertz CT molecular complexity index is 839. The van der Waals surface area contributed by atoms with Crippen molar-refractivity contribution in [1.29, 1.82) is 0 Å². The van der Waals surface area contributed by atoms with Gasteiger partial charge in [0.05, 0.1) is 0 Å². The second kappa shape index (κ2) is 8.68. The van der Waals surface area contributed by atoms with E-state index in [1.807, 2.05) is 12.3 Å². The molecule has 0 saturated carbocycles. The summed E-state index contributed by atoms with van der Waals surface area (Å²) in [5.74, 6) is 1.30. The second-order valence-electron chi connectivity index (χ2n) is 7.92. The first-order valence-electron chi connectivity index (χ1n) is 10.3. The molecule has 2 aliphatic rings. The van der Waals surface area contributed by atoms with Crippen LogP contribution in [0.1, 0.15) is 38.5 Å². The van der Waals surface area contributed by atoms with E-state index in [1.54, 1.807) is 27.7 Å². The lowest BCUT2D eigenvalue weighted by Gasteiger charge is -2.34. The summed E-state index contributed by atoms with van der Waals surface area (Å²) in [5.41, 5.74) is -0.0699. The third-order valence-electron chi connectivity index (χ3n) is 5.78. The van der Waals surface area contributed by atoms with Crippen LogP contribution in [0.3, 0.4) is 0 Å². The fourth-order valence-corrected chi connectivity index (χ4v) is 4.19. The van der Waals surface area contributed by atoms with E-state index in [-0.39, 0.29) is 17.5 Å². The Morgan fingerprint density at radius 1 is 1.07 bits per heavy atom. The molecule has 8 nitrogen and oxygen atoms in total. The van der Waals surface area contributed by atoms with Gasteiger partial charge in [-0.05, 0) is 56.8 Å². The molecule has 0 aromatic carbocycles. The van der Waals surface area contributed by atoms with E-state index in [9.17, 15) is 9.59 Å². The highest BCUT2D eigenvalue weighted by Crippen LogP contribution is 2.20. The van der Waals surface area contributed by atoms with Crippen LogP contribution in [0.2, 0.25) is 0 Å². The first kappa shape index (κ1) is 18.9. The van der Waals surface area contributed by atoms with Crippen molar-refractivity contribution in [3.05, 3.63) is 40.9 Å². The lowest BCUT2D eigenvalue weighted by Crippen LogP contribution is -2.46. The summed E-state index contributed by atoms with van der Waals surface area (Å²) in [4.78, 5) is 26.4. The number of aromatic nitrogens is 4. The second-order valence-corrected chi connectivity index (χ2v) is 7.92. The van der Waals surface area contributed by atoms with Crippen molar-refractivity contribution in [3.63, 3.8) is 0 Å². The maximum atomic E-state index is 12.2. The molecule has 150 valence electrons. The number of hydrogen-bond donors (Lipinski definition) is 1. The average Bonchev–Trinajstić information content (AvgIpc) is 3.15. The number of piperidine rings is 1. The van der Waals surface area contributed by atoms with Crippen molar-refractivity contribution in [1.82, 2.24) is 29.8 Å². The summed E-state index contributed by atoms with van der Waals surface area (Å²) in [6.07, 6.45) is 9.47. The van der Waals surface area contributed by atoms with Crippen LogP contribution in [0.4, 0.5) is 0 Å². The van der Waals surface area contributed by atoms with E-state index in [1.165, 1.54) is 0 Å². The number of carbonyl (C=O) groups excluding carboxylic acids is 1. The van der Waals surface area contributed by atoms with Crippen molar-refractivity contribution < 1.29 is 4.79 Å². The Kier molecular flexibility index (Phi) is 5.85. The summed E-state index contributed by atoms with van der Waals surface area (Å²) >= 11 is 0. The Morgan fingerprint density at radius 3 is 2.71 bits per heavy atom. The highest BCUT2D eigenvalue weighted by atomic mass is 16.1. The zero-order valence-electron chi connectivity index (χ0n) is 16.2. The lowest BCUT2D eigenvalue weighted by atomic mass is 9.96. The predicted molar refractivity (Wildman–Crippen MR) is 105 cm³/mol. The number of rotatable bonds is 5. The molecule has 4 heterocycles. The Morgan fingerprint density at radius 2 is 1.93 bits per heavy atom. The zero-order chi connectivity index (χ0) is 19.3. The molecular formula is C20H28N6O2. The number of likely N-dealkylation sites (tertiary alicyclic amines) is 1. The molecule has 8 heteroatoms. The van der Waals surface area contributed by atoms with Gasteiger partial charge >= 0.3 is 0 Å². The van der Waals surface area contributed by atoms with Gasteiger partial charge in [0.2, 0.25) is 5.91 Å². The molecule has 1 unspecified atom stereocenters. The van der Waals surface area contributed by atoms with Crippen LogP contribution in [0.25, 0.3) is 5.82 Å². The number of nitrogens with one attached hydrogen (secondary N) is 1. The van der Waals surface area contributed by atoms with Gasteiger partial charge in [0, 0.05) is 44.0 Å². The average molecular weight is 384 g/mol. The van der Waals surface area contributed by atoms with Gasteiger partial charge in [0.25, 0.3) is 5.56 Å². The minimum Gasteiger partial charge on any atom is -0.352 e. The van der Waals surface area contributed by atoms with Crippen LogP contribution in [-0.2, 0) is 11.3 Å². The van der Waals surface area contributed by atoms with Gasteiger partial charge < -0.3 is 10.2 Å². The summed E-state index contributed by atoms with van der Waals surface area (Å²) in [7, 11) is 0. The van der Waals surface area contributed by atoms with Crippen LogP contribution in [0, 0.1) is 5.92 Å². The molecule has 0 spiro atoms. The Labute approximate surface area is 164 Å². The van der Waals surface area contributed by atoms with Crippen LogP contribution < -0.4 is 10.9 Å². The molecule has 1 amide bonds. The Balaban J connectivity index is 1.31. The molecule has 2 aliphatic heterocycles. The molecule has 1 N–H and O–H groups in total. The van der Waals surface area contributed by atoms with Gasteiger partial charge in [0.1, 0.15) is 0 Å². The molecule has 1 atom stereocenters. The normalized spacial score (nSPS) is 22.0. The van der Waals surface area contributed by atoms with Gasteiger partial charge in [-0.15, -0.1) is 5.10 Å². The fraction of sp³-hybridized carbons (Fsp3) is 0.600. The molecular weight excluding hydrogens is 356 g/mol. The highest BCUT2D eigenvalue weighted by molar-refractivity contribution is 5.76. The zero-order valence-corrected chi connectivity index (χ0v) is 16.2. The third kappa shape index (κ3) is 4.67. The first-order valence-corrected chi connectivity index (χ1v) is 10.3. The maximum absolute atomic E-state index is 12.2. The van der Waals surface area contributed by atoms with E-state index >= 15 is 0 Å². The van der Waals surface area contributed by atoms with E-state index < -0.39 is 0 Å². The number of hydrogen-bond acceptors (Lipinski definition) is 5. The molecule has 2 aromatic heterocycles. The summed E-state index contributed by atoms with van der Waals surface area (Å²) in [6.45, 7) is 3.59. The minimum absolute atomic E-state index is 0.0699. The van der Waals surface area contributed by atoms with E-state index in [4.69, 9.17) is 0 Å². The van der Waals surface area contributed by atoms with Gasteiger partial charge in [-0.25, -0.2) is 9.36 Å². The highest BCUT2D eigenvalue weighted by Gasteiger charge is 2.24. The maximum Gasteiger partial charge on any atom is 0.266 e. The van der Waals surface area contributed by atoms with Gasteiger partial charge in [-0.1, -0.05) is 6.42 Å². The third-order valence-corrected chi connectivity index (χ3v) is 5.78. The van der Waals surface area contributed by atoms with E-state index in [2.05, 4.69) is 20.4 Å². The topological polar surface area (TPSA) is 85.1 Å². The standard InChI is InChI=1S/C20H28N6O2/c27-19-5-2-1-4-17(22-19)15-24-12-8-16(9-13-24)14-26-20(28)7-6-18(23-26)25-11-3-10-21-25/h3,6-7,10-11,16-17H,1-2,4-5,8-9,12-15H2,(H,22,27). The van der Waals surface area contributed by atoms with Crippen LogP contribution in [0.15, 0.2) is 35.4 Å². The molecule has 2 saturated heterocycles. The van der Waals surface area contributed by atoms with E-state index in [0.717, 1.165) is 51.7 Å². The van der Waals surface area contributed by atoms with Gasteiger partial charge in [-0.3, -0.25) is 9.59 Å². The monoisotopic (exact) mass is 384 g/mol. The van der Waals surface area contributed by atoms with Crippen molar-refractivity contribution in [2.75, 3.05) is 19.6 Å². The number of amides is 1. The van der Waals surface area contributed by atoms with Crippen LogP contribution in [0.5, 0.6) is 0 Å². The molecule has 0 bridgehead atoms. The molecule has 28 heavy (non-hydrogen) atoms. The largest absolute Gasteiger partial charge is 0.352 e. The SMILES string of the molecule is O=C1CCCCC(CN2CCC(Cn3nc(-n4cccn4)ccc3=O)CC2)N1. The Hall–Kier alpha value is -2.48. The molecule has 0 aliphatic carbocycles. The molecule has 0 radical (unpaired) electrons. The fourth-order valence-electron chi connectivity index (χ4n) is 4.19. The summed E-state index contributed by atoms with van der Waals surface area (Å²) < 4.78 is 3.24. The van der Waals surface area contributed by atoms with Crippen molar-refractivity contribution in [2.24, 2.45) is 5.92 Å². The van der Waals surface area contributed by atoms with Crippen molar-refractivity contribution >= 4 is 5.91 Å². The quantitative estimate of drug-likeness (QED) is 0.837. The smallest absolute Gasteiger partial charge is 0.266 e. The van der Waals surface area contributed by atoms with Crippen LogP contribution >= 0.6 is 0 Å². The minimum atomic E-state index is -0.0699. The summed E-state index contributed by atoms with van der Waals surface area (Å²) in [6, 6.07) is 5.38. The first-order chi connectivity index (χ1) is 13.7. The van der Waals surface area contributed by atoms with Gasteiger partial charge in [-0.2, -0.15) is 5.10 Å². The summed E-state index contributed by atoms with van der Waals surface area (Å²) in [5, 5.41) is 11.8. The van der Waals surface area contributed by atoms with Crippen LogP contribution in [-0.4, -0.2) is 56.0 Å².